The van der Waals surface area contributed by atoms with Gasteiger partial charge >= 0.3 is 0 Å². The molecule has 0 spiro atoms. The van der Waals surface area contributed by atoms with Crippen LogP contribution in [0.1, 0.15) is 41.9 Å². The van der Waals surface area contributed by atoms with Crippen molar-refractivity contribution >= 4 is 30.7 Å². The molecule has 1 aromatic heterocycles. The lowest BCUT2D eigenvalue weighted by Gasteiger charge is -2.35. The summed E-state index contributed by atoms with van der Waals surface area (Å²) < 4.78 is 0. The standard InChI is InChI=1S/C15H21N3O.2ClH/c1-10-4-3-5-14(16-10)15(19)18(2)13-8-11-6-7-12(9-13)17-11;;/h3-5,11-13,17H,6-9H2,1-2H3;2*1H. The van der Waals surface area contributed by atoms with Gasteiger partial charge in [-0.1, -0.05) is 6.07 Å². The number of rotatable bonds is 2. The van der Waals surface area contributed by atoms with Crippen LogP contribution in [0.3, 0.4) is 0 Å². The maximum atomic E-state index is 12.5. The van der Waals surface area contributed by atoms with Crippen molar-refractivity contribution in [3.05, 3.63) is 29.6 Å². The van der Waals surface area contributed by atoms with Gasteiger partial charge in [0.25, 0.3) is 5.91 Å². The van der Waals surface area contributed by atoms with Gasteiger partial charge in [0, 0.05) is 30.9 Å². The van der Waals surface area contributed by atoms with Crippen molar-refractivity contribution in [1.82, 2.24) is 15.2 Å². The van der Waals surface area contributed by atoms with Crippen LogP contribution >= 0.6 is 24.8 Å². The van der Waals surface area contributed by atoms with E-state index in [2.05, 4.69) is 10.3 Å². The maximum Gasteiger partial charge on any atom is 0.272 e. The predicted molar refractivity (Wildman–Crippen MR) is 88.5 cm³/mol. The van der Waals surface area contributed by atoms with Crippen LogP contribution in [0, 0.1) is 6.92 Å². The Labute approximate surface area is 138 Å². The average molecular weight is 332 g/mol. The molecule has 2 saturated heterocycles. The van der Waals surface area contributed by atoms with Crippen molar-refractivity contribution in [3.63, 3.8) is 0 Å². The first-order valence-electron chi connectivity index (χ1n) is 7.10. The van der Waals surface area contributed by atoms with Crippen molar-refractivity contribution in [3.8, 4) is 0 Å². The quantitative estimate of drug-likeness (QED) is 0.905. The molecule has 4 nitrogen and oxygen atoms in total. The van der Waals surface area contributed by atoms with E-state index < -0.39 is 0 Å². The average Bonchev–Trinajstić information content (AvgIpc) is 2.76. The first kappa shape index (κ1) is 18.2. The van der Waals surface area contributed by atoms with E-state index in [0.29, 0.717) is 23.8 Å². The second-order valence-electron chi connectivity index (χ2n) is 5.84. The summed E-state index contributed by atoms with van der Waals surface area (Å²) in [6.45, 7) is 1.92. The van der Waals surface area contributed by atoms with Crippen molar-refractivity contribution in [2.45, 2.75) is 50.7 Å². The van der Waals surface area contributed by atoms with Crippen LogP contribution in [0.5, 0.6) is 0 Å². The molecule has 2 aliphatic heterocycles. The van der Waals surface area contributed by atoms with Gasteiger partial charge in [0.15, 0.2) is 0 Å². The summed E-state index contributed by atoms with van der Waals surface area (Å²) in [6.07, 6.45) is 4.66. The van der Waals surface area contributed by atoms with E-state index in [-0.39, 0.29) is 30.7 Å². The Morgan fingerprint density at radius 2 is 1.86 bits per heavy atom. The molecule has 3 heterocycles. The first-order valence-corrected chi connectivity index (χ1v) is 7.10. The molecule has 21 heavy (non-hydrogen) atoms. The molecule has 1 amide bonds. The van der Waals surface area contributed by atoms with Crippen molar-refractivity contribution in [2.24, 2.45) is 0 Å². The van der Waals surface area contributed by atoms with Gasteiger partial charge in [-0.15, -0.1) is 24.8 Å². The topological polar surface area (TPSA) is 45.2 Å². The summed E-state index contributed by atoms with van der Waals surface area (Å²) in [4.78, 5) is 18.7. The molecule has 1 aromatic rings. The highest BCUT2D eigenvalue weighted by molar-refractivity contribution is 5.92. The number of amides is 1. The minimum absolute atomic E-state index is 0. The number of fused-ring (bicyclic) bond motifs is 2. The Morgan fingerprint density at radius 1 is 1.24 bits per heavy atom. The molecular weight excluding hydrogens is 309 g/mol. The Kier molecular flexibility index (Phi) is 6.44. The normalized spacial score (nSPS) is 26.5. The number of halogens is 2. The summed E-state index contributed by atoms with van der Waals surface area (Å²) in [7, 11) is 1.92. The van der Waals surface area contributed by atoms with Crippen molar-refractivity contribution in [1.29, 1.82) is 0 Å². The lowest BCUT2D eigenvalue weighted by atomic mass is 9.98. The van der Waals surface area contributed by atoms with Crippen LogP contribution < -0.4 is 5.32 Å². The highest BCUT2D eigenvalue weighted by Gasteiger charge is 2.36. The zero-order valence-electron chi connectivity index (χ0n) is 12.4. The van der Waals surface area contributed by atoms with Crippen molar-refractivity contribution < 1.29 is 4.79 Å². The van der Waals surface area contributed by atoms with Gasteiger partial charge in [-0.25, -0.2) is 4.98 Å². The first-order chi connectivity index (χ1) is 9.13. The fourth-order valence-electron chi connectivity index (χ4n) is 3.35. The van der Waals surface area contributed by atoms with E-state index in [0.717, 1.165) is 18.5 Å². The van der Waals surface area contributed by atoms with Gasteiger partial charge in [-0.2, -0.15) is 0 Å². The number of piperidine rings is 1. The predicted octanol–water partition coefficient (Wildman–Crippen LogP) is 2.59. The molecule has 2 atom stereocenters. The Balaban J connectivity index is 0.00000110. The number of aryl methyl sites for hydroxylation is 1. The lowest BCUT2D eigenvalue weighted by molar-refractivity contribution is 0.0675. The molecule has 2 bridgehead atoms. The molecule has 0 radical (unpaired) electrons. The molecule has 3 rings (SSSR count). The lowest BCUT2D eigenvalue weighted by Crippen LogP contribution is -2.48. The molecule has 0 saturated carbocycles. The molecule has 2 fully saturated rings. The Morgan fingerprint density at radius 3 is 2.43 bits per heavy atom. The largest absolute Gasteiger partial charge is 0.337 e. The Bertz CT molecular complexity index is 486. The summed E-state index contributed by atoms with van der Waals surface area (Å²) in [6, 6.07) is 7.18. The minimum Gasteiger partial charge on any atom is -0.337 e. The molecule has 118 valence electrons. The van der Waals surface area contributed by atoms with E-state index in [9.17, 15) is 4.79 Å². The number of hydrogen-bond acceptors (Lipinski definition) is 3. The zero-order chi connectivity index (χ0) is 13.4. The summed E-state index contributed by atoms with van der Waals surface area (Å²) in [5, 5.41) is 3.61. The number of carbonyl (C=O) groups excluding carboxylic acids is 1. The number of aromatic nitrogens is 1. The molecule has 2 aliphatic rings. The molecule has 6 heteroatoms. The van der Waals surface area contributed by atoms with Gasteiger partial charge in [-0.3, -0.25) is 4.79 Å². The third-order valence-electron chi connectivity index (χ3n) is 4.42. The van der Waals surface area contributed by atoms with E-state index in [4.69, 9.17) is 0 Å². The third kappa shape index (κ3) is 3.87. The number of carbonyl (C=O) groups is 1. The van der Waals surface area contributed by atoms with Gasteiger partial charge < -0.3 is 10.2 Å². The Hall–Kier alpha value is -0.840. The third-order valence-corrected chi connectivity index (χ3v) is 4.42. The monoisotopic (exact) mass is 331 g/mol. The van der Waals surface area contributed by atoms with E-state index in [1.165, 1.54) is 12.8 Å². The van der Waals surface area contributed by atoms with Crippen LogP contribution in [0.2, 0.25) is 0 Å². The van der Waals surface area contributed by atoms with Gasteiger partial charge in [0.1, 0.15) is 5.69 Å². The fraction of sp³-hybridized carbons (Fsp3) is 0.600. The molecule has 0 aromatic carbocycles. The van der Waals surface area contributed by atoms with Crippen LogP contribution in [0.4, 0.5) is 0 Å². The minimum atomic E-state index is 0. The summed E-state index contributed by atoms with van der Waals surface area (Å²) >= 11 is 0. The number of pyridine rings is 1. The maximum absolute atomic E-state index is 12.5. The number of hydrogen-bond donors (Lipinski definition) is 1. The van der Waals surface area contributed by atoms with Crippen LogP contribution in [0.15, 0.2) is 18.2 Å². The summed E-state index contributed by atoms with van der Waals surface area (Å²) in [5.41, 5.74) is 1.46. The molecule has 2 unspecified atom stereocenters. The van der Waals surface area contributed by atoms with E-state index in [1.807, 2.05) is 37.1 Å². The smallest absolute Gasteiger partial charge is 0.272 e. The number of nitrogens with zero attached hydrogens (tertiary/aromatic N) is 2. The van der Waals surface area contributed by atoms with Gasteiger partial charge in [0.05, 0.1) is 0 Å². The second kappa shape index (κ2) is 7.43. The summed E-state index contributed by atoms with van der Waals surface area (Å²) in [5.74, 6) is 0.0509. The van der Waals surface area contributed by atoms with Crippen LogP contribution in [-0.4, -0.2) is 41.0 Å². The van der Waals surface area contributed by atoms with E-state index in [1.54, 1.807) is 0 Å². The SMILES string of the molecule is Cc1cccc(C(=O)N(C)C2CC3CCC(C2)N3)n1.Cl.Cl. The highest BCUT2D eigenvalue weighted by Crippen LogP contribution is 2.29. The zero-order valence-corrected chi connectivity index (χ0v) is 14.0. The highest BCUT2D eigenvalue weighted by atomic mass is 35.5. The van der Waals surface area contributed by atoms with E-state index >= 15 is 0 Å². The van der Waals surface area contributed by atoms with Crippen LogP contribution in [-0.2, 0) is 0 Å². The van der Waals surface area contributed by atoms with Gasteiger partial charge in [-0.05, 0) is 44.7 Å². The fourth-order valence-corrected chi connectivity index (χ4v) is 3.35. The van der Waals surface area contributed by atoms with Crippen LogP contribution in [0.25, 0.3) is 0 Å². The van der Waals surface area contributed by atoms with Crippen molar-refractivity contribution in [2.75, 3.05) is 7.05 Å². The number of nitrogens with one attached hydrogen (secondary N) is 1. The molecule has 0 aliphatic carbocycles. The second-order valence-corrected chi connectivity index (χ2v) is 5.84. The molecular formula is C15H23Cl2N3O. The van der Waals surface area contributed by atoms with Gasteiger partial charge in [0.2, 0.25) is 0 Å². The molecule has 1 N–H and O–H groups in total.